The largest absolute Gasteiger partial charge is 0.449 e. The van der Waals surface area contributed by atoms with Crippen LogP contribution in [-0.2, 0) is 9.47 Å². The molecule has 1 N–H and O–H groups in total. The summed E-state index contributed by atoms with van der Waals surface area (Å²) >= 11 is 6.01. The third-order valence-electron chi connectivity index (χ3n) is 5.59. The number of hydrogen-bond acceptors (Lipinski definition) is 4. The highest BCUT2D eigenvalue weighted by atomic mass is 35.5. The molecule has 0 radical (unpaired) electrons. The average molecular weight is 377 g/mol. The lowest BCUT2D eigenvalue weighted by atomic mass is 9.77. The Balaban J connectivity index is 1.41. The van der Waals surface area contributed by atoms with Gasteiger partial charge in [0.05, 0.1) is 19.3 Å². The molecule has 3 aliphatic heterocycles. The first-order chi connectivity index (χ1) is 12.5. The first-order valence-electron chi connectivity index (χ1n) is 9.25. The fourth-order valence-corrected chi connectivity index (χ4v) is 4.43. The minimum absolute atomic E-state index is 0.130. The molecular weight excluding hydrogens is 352 g/mol. The number of halogens is 1. The van der Waals surface area contributed by atoms with Crippen molar-refractivity contribution in [2.75, 3.05) is 31.1 Å². The average Bonchev–Trinajstić information content (AvgIpc) is 3.30. The zero-order chi connectivity index (χ0) is 18.3. The van der Waals surface area contributed by atoms with E-state index in [-0.39, 0.29) is 12.2 Å². The van der Waals surface area contributed by atoms with Crippen LogP contribution in [0.25, 0.3) is 0 Å². The molecule has 0 saturated carbocycles. The van der Waals surface area contributed by atoms with Crippen molar-refractivity contribution in [3.63, 3.8) is 0 Å². The molecule has 0 spiro atoms. The normalized spacial score (nSPS) is 31.5. The van der Waals surface area contributed by atoms with E-state index in [1.54, 1.807) is 0 Å². The third kappa shape index (κ3) is 3.19. The summed E-state index contributed by atoms with van der Waals surface area (Å²) in [5, 5.41) is 3.65. The molecule has 1 amide bonds. The monoisotopic (exact) mass is 376 g/mol. The summed E-state index contributed by atoms with van der Waals surface area (Å²) < 4.78 is 11.5. The van der Waals surface area contributed by atoms with Gasteiger partial charge in [-0.1, -0.05) is 37.6 Å². The topological polar surface area (TPSA) is 50.8 Å². The van der Waals surface area contributed by atoms with E-state index in [1.807, 2.05) is 26.0 Å². The van der Waals surface area contributed by atoms with E-state index in [0.717, 1.165) is 18.1 Å². The van der Waals surface area contributed by atoms with Crippen LogP contribution in [0.2, 0.25) is 5.02 Å². The van der Waals surface area contributed by atoms with E-state index in [0.29, 0.717) is 30.9 Å². The molecule has 3 aliphatic rings. The lowest BCUT2D eigenvalue weighted by molar-refractivity contribution is 0.0110. The van der Waals surface area contributed by atoms with Gasteiger partial charge in [-0.2, -0.15) is 0 Å². The number of anilines is 1. The molecule has 2 saturated heterocycles. The van der Waals surface area contributed by atoms with Crippen molar-refractivity contribution in [1.29, 1.82) is 0 Å². The summed E-state index contributed by atoms with van der Waals surface area (Å²) in [6, 6.07) is 7.98. The summed E-state index contributed by atoms with van der Waals surface area (Å²) in [5.41, 5.74) is 0.760. The summed E-state index contributed by atoms with van der Waals surface area (Å²) in [7, 11) is 0. The van der Waals surface area contributed by atoms with Gasteiger partial charge in [0.15, 0.2) is 0 Å². The smallest absolute Gasteiger partial charge is 0.407 e. The number of rotatable bonds is 5. The number of nitrogens with one attached hydrogen (secondary N) is 1. The highest BCUT2D eigenvalue weighted by Gasteiger charge is 2.59. The van der Waals surface area contributed by atoms with Crippen LogP contribution in [-0.4, -0.2) is 44.0 Å². The maximum Gasteiger partial charge on any atom is 0.407 e. The van der Waals surface area contributed by atoms with Crippen LogP contribution in [0.3, 0.4) is 0 Å². The van der Waals surface area contributed by atoms with Gasteiger partial charge >= 0.3 is 6.09 Å². The quantitative estimate of drug-likeness (QED) is 0.799. The second-order valence-corrected chi connectivity index (χ2v) is 8.33. The van der Waals surface area contributed by atoms with Gasteiger partial charge < -0.3 is 19.7 Å². The number of ether oxygens (including phenoxy) is 2. The van der Waals surface area contributed by atoms with Gasteiger partial charge in [-0.25, -0.2) is 4.79 Å². The Morgan fingerprint density at radius 1 is 1.38 bits per heavy atom. The summed E-state index contributed by atoms with van der Waals surface area (Å²) in [6.07, 6.45) is 4.04. The van der Waals surface area contributed by atoms with E-state index < -0.39 is 5.60 Å². The van der Waals surface area contributed by atoms with Gasteiger partial charge in [-0.3, -0.25) is 0 Å². The standard InChI is InChI=1S/C20H25ClN2O3/c1-13(2)11-25-19(24)22-12-20-8-7-18(26-20)16-9-23(10-17(16)20)15-5-3-14(21)4-6-15/h3-8,13,16-18H,9-12H2,1-2H3,(H,22,24). The number of fused-ring (bicyclic) bond motifs is 5. The van der Waals surface area contributed by atoms with Crippen molar-refractivity contribution in [2.45, 2.75) is 25.6 Å². The number of benzene rings is 1. The molecule has 2 fully saturated rings. The Morgan fingerprint density at radius 3 is 2.88 bits per heavy atom. The molecular formula is C20H25ClN2O3. The minimum Gasteiger partial charge on any atom is -0.449 e. The Morgan fingerprint density at radius 2 is 2.15 bits per heavy atom. The molecule has 6 heteroatoms. The van der Waals surface area contributed by atoms with Crippen LogP contribution in [0.4, 0.5) is 10.5 Å². The number of carbonyl (C=O) groups is 1. The number of amides is 1. The maximum absolute atomic E-state index is 11.9. The molecule has 1 aromatic carbocycles. The molecule has 4 atom stereocenters. The van der Waals surface area contributed by atoms with Gasteiger partial charge in [0.2, 0.25) is 0 Å². The second-order valence-electron chi connectivity index (χ2n) is 7.89. The molecule has 0 aliphatic carbocycles. The minimum atomic E-state index is -0.423. The highest BCUT2D eigenvalue weighted by molar-refractivity contribution is 6.30. The molecule has 4 rings (SSSR count). The van der Waals surface area contributed by atoms with E-state index in [2.05, 4.69) is 34.5 Å². The van der Waals surface area contributed by atoms with E-state index in [4.69, 9.17) is 21.1 Å². The van der Waals surface area contributed by atoms with Crippen LogP contribution >= 0.6 is 11.6 Å². The van der Waals surface area contributed by atoms with Gasteiger partial charge in [-0.05, 0) is 30.2 Å². The second kappa shape index (κ2) is 6.78. The van der Waals surface area contributed by atoms with Crippen molar-refractivity contribution in [3.8, 4) is 0 Å². The number of alkyl carbamates (subject to hydrolysis) is 1. The Kier molecular flexibility index (Phi) is 4.61. The third-order valence-corrected chi connectivity index (χ3v) is 5.84. The highest BCUT2D eigenvalue weighted by Crippen LogP contribution is 2.51. The van der Waals surface area contributed by atoms with Gasteiger partial charge in [0, 0.05) is 35.6 Å². The van der Waals surface area contributed by atoms with Crippen molar-refractivity contribution < 1.29 is 14.3 Å². The molecule has 3 heterocycles. The molecule has 0 aromatic heterocycles. The molecule has 2 bridgehead atoms. The van der Waals surface area contributed by atoms with Crippen molar-refractivity contribution >= 4 is 23.4 Å². The summed E-state index contributed by atoms with van der Waals surface area (Å²) in [4.78, 5) is 14.3. The summed E-state index contributed by atoms with van der Waals surface area (Å²) in [6.45, 7) is 6.79. The van der Waals surface area contributed by atoms with Crippen molar-refractivity contribution in [1.82, 2.24) is 5.32 Å². The van der Waals surface area contributed by atoms with E-state index in [1.165, 1.54) is 5.69 Å². The van der Waals surface area contributed by atoms with Crippen molar-refractivity contribution in [2.24, 2.45) is 17.8 Å². The van der Waals surface area contributed by atoms with Crippen LogP contribution < -0.4 is 10.2 Å². The molecule has 4 unspecified atom stereocenters. The first-order valence-corrected chi connectivity index (χ1v) is 9.63. The number of carbonyl (C=O) groups excluding carboxylic acids is 1. The van der Waals surface area contributed by atoms with E-state index >= 15 is 0 Å². The van der Waals surface area contributed by atoms with Gasteiger partial charge in [0.25, 0.3) is 0 Å². The van der Waals surface area contributed by atoms with Crippen LogP contribution in [0.1, 0.15) is 13.8 Å². The fourth-order valence-electron chi connectivity index (χ4n) is 4.31. The fraction of sp³-hybridized carbons (Fsp3) is 0.550. The predicted molar refractivity (Wildman–Crippen MR) is 102 cm³/mol. The van der Waals surface area contributed by atoms with Crippen LogP contribution in [0.5, 0.6) is 0 Å². The van der Waals surface area contributed by atoms with Crippen LogP contribution in [0, 0.1) is 17.8 Å². The predicted octanol–water partition coefficient (Wildman–Crippen LogP) is 3.48. The number of nitrogens with zero attached hydrogens (tertiary/aromatic N) is 1. The Bertz CT molecular complexity index is 706. The molecule has 26 heavy (non-hydrogen) atoms. The zero-order valence-electron chi connectivity index (χ0n) is 15.2. The summed E-state index contributed by atoms with van der Waals surface area (Å²) in [5.74, 6) is 1.13. The lowest BCUT2D eigenvalue weighted by Gasteiger charge is -2.30. The lowest BCUT2D eigenvalue weighted by Crippen LogP contribution is -2.47. The van der Waals surface area contributed by atoms with Crippen molar-refractivity contribution in [3.05, 3.63) is 41.4 Å². The van der Waals surface area contributed by atoms with E-state index in [9.17, 15) is 4.79 Å². The SMILES string of the molecule is CC(C)COC(=O)NCC12C=CC(O1)C1CN(c3ccc(Cl)cc3)CC12. The van der Waals surface area contributed by atoms with Crippen LogP contribution in [0.15, 0.2) is 36.4 Å². The molecule has 140 valence electrons. The zero-order valence-corrected chi connectivity index (χ0v) is 15.9. The number of hydrogen-bond donors (Lipinski definition) is 1. The maximum atomic E-state index is 11.9. The molecule has 5 nitrogen and oxygen atoms in total. The Labute approximate surface area is 159 Å². The first kappa shape index (κ1) is 17.7. The van der Waals surface area contributed by atoms with Gasteiger partial charge in [0.1, 0.15) is 5.60 Å². The molecule has 1 aromatic rings. The van der Waals surface area contributed by atoms with Gasteiger partial charge in [-0.15, -0.1) is 0 Å². The Hall–Kier alpha value is -1.72.